The number of ketones is 1. The molecule has 1 fully saturated rings. The van der Waals surface area contributed by atoms with Crippen molar-refractivity contribution < 1.29 is 14.3 Å². The van der Waals surface area contributed by atoms with E-state index in [1.165, 1.54) is 12.0 Å². The highest BCUT2D eigenvalue weighted by Gasteiger charge is 2.26. The molecular formula is C9H15NO3. The minimum Gasteiger partial charge on any atom is -0.453 e. The Balaban J connectivity index is 2.12. The monoisotopic (exact) mass is 185 g/mol. The van der Waals surface area contributed by atoms with Crippen molar-refractivity contribution >= 4 is 11.9 Å². The van der Waals surface area contributed by atoms with E-state index in [4.69, 9.17) is 0 Å². The van der Waals surface area contributed by atoms with E-state index in [9.17, 15) is 9.59 Å². The zero-order valence-corrected chi connectivity index (χ0v) is 8.08. The fourth-order valence-corrected chi connectivity index (χ4v) is 1.41. The number of carbonyl (C=O) groups is 2. The first-order valence-corrected chi connectivity index (χ1v) is 4.44. The van der Waals surface area contributed by atoms with Gasteiger partial charge >= 0.3 is 6.09 Å². The van der Waals surface area contributed by atoms with Gasteiger partial charge in [-0.25, -0.2) is 4.79 Å². The molecule has 0 aliphatic heterocycles. The number of nitrogens with zero attached hydrogens (tertiary/aromatic N) is 1. The van der Waals surface area contributed by atoms with E-state index in [0.717, 1.165) is 6.42 Å². The van der Waals surface area contributed by atoms with Crippen LogP contribution in [-0.4, -0.2) is 37.5 Å². The van der Waals surface area contributed by atoms with Gasteiger partial charge in [-0.3, -0.25) is 4.79 Å². The molecule has 1 saturated carbocycles. The molecule has 1 amide bonds. The molecule has 0 unspecified atom stereocenters. The normalized spacial score (nSPS) is 16.6. The van der Waals surface area contributed by atoms with Crippen molar-refractivity contribution in [3.63, 3.8) is 0 Å². The molecule has 0 spiro atoms. The van der Waals surface area contributed by atoms with Crippen LogP contribution in [-0.2, 0) is 9.53 Å². The van der Waals surface area contributed by atoms with Crippen molar-refractivity contribution in [2.24, 2.45) is 5.92 Å². The largest absolute Gasteiger partial charge is 0.453 e. The molecule has 0 saturated heterocycles. The Morgan fingerprint density at radius 1 is 1.62 bits per heavy atom. The lowest BCUT2D eigenvalue weighted by molar-refractivity contribution is -0.127. The summed E-state index contributed by atoms with van der Waals surface area (Å²) in [7, 11) is 3.07. The molecule has 1 aliphatic carbocycles. The number of Topliss-reactive ketones (excluding diaryl/α,β-unsaturated/α-hetero) is 1. The van der Waals surface area contributed by atoms with Crippen molar-refractivity contribution in [2.75, 3.05) is 20.7 Å². The maximum Gasteiger partial charge on any atom is 0.409 e. The summed E-state index contributed by atoms with van der Waals surface area (Å²) in [5, 5.41) is 0. The standard InChI is InChI=1S/C9H15NO3/c1-10(9(12)13-2)4-3-7-5-8(11)6-7/h7H,3-6H2,1-2H3. The summed E-state index contributed by atoms with van der Waals surface area (Å²) >= 11 is 0. The number of carbonyl (C=O) groups excluding carboxylic acids is 2. The maximum atomic E-state index is 10.9. The molecule has 0 N–H and O–H groups in total. The molecule has 1 rings (SSSR count). The van der Waals surface area contributed by atoms with Crippen molar-refractivity contribution in [2.45, 2.75) is 19.3 Å². The summed E-state index contributed by atoms with van der Waals surface area (Å²) in [5.74, 6) is 0.824. The highest BCUT2D eigenvalue weighted by atomic mass is 16.5. The van der Waals surface area contributed by atoms with Crippen LogP contribution in [0.1, 0.15) is 19.3 Å². The third kappa shape index (κ3) is 2.72. The number of ether oxygens (including phenoxy) is 1. The third-order valence-electron chi connectivity index (χ3n) is 2.39. The molecule has 13 heavy (non-hydrogen) atoms. The van der Waals surface area contributed by atoms with Gasteiger partial charge in [0.15, 0.2) is 0 Å². The van der Waals surface area contributed by atoms with E-state index in [1.54, 1.807) is 7.05 Å². The van der Waals surface area contributed by atoms with E-state index in [-0.39, 0.29) is 6.09 Å². The Labute approximate surface area is 77.8 Å². The first-order chi connectivity index (χ1) is 6.13. The van der Waals surface area contributed by atoms with Gasteiger partial charge in [-0.15, -0.1) is 0 Å². The Morgan fingerprint density at radius 3 is 2.69 bits per heavy atom. The topological polar surface area (TPSA) is 46.6 Å². The number of hydrogen-bond acceptors (Lipinski definition) is 3. The Bertz CT molecular complexity index is 207. The number of rotatable bonds is 3. The molecular weight excluding hydrogens is 170 g/mol. The molecule has 0 aromatic heterocycles. The zero-order valence-electron chi connectivity index (χ0n) is 8.08. The van der Waals surface area contributed by atoms with Crippen LogP contribution in [0.15, 0.2) is 0 Å². The zero-order chi connectivity index (χ0) is 9.84. The van der Waals surface area contributed by atoms with Crippen molar-refractivity contribution in [3.05, 3.63) is 0 Å². The molecule has 4 heteroatoms. The van der Waals surface area contributed by atoms with Crippen molar-refractivity contribution in [1.82, 2.24) is 4.90 Å². The van der Waals surface area contributed by atoms with Crippen LogP contribution in [0.4, 0.5) is 4.79 Å². The molecule has 0 radical (unpaired) electrons. The predicted octanol–water partition coefficient (Wildman–Crippen LogP) is 1.05. The van der Waals surface area contributed by atoms with E-state index in [0.29, 0.717) is 31.1 Å². The van der Waals surface area contributed by atoms with Crippen LogP contribution < -0.4 is 0 Å². The lowest BCUT2D eigenvalue weighted by atomic mass is 9.82. The average molecular weight is 185 g/mol. The molecule has 1 aliphatic rings. The third-order valence-corrected chi connectivity index (χ3v) is 2.39. The van der Waals surface area contributed by atoms with E-state index >= 15 is 0 Å². The van der Waals surface area contributed by atoms with Crippen LogP contribution in [0.5, 0.6) is 0 Å². The van der Waals surface area contributed by atoms with Gasteiger partial charge < -0.3 is 9.64 Å². The highest BCUT2D eigenvalue weighted by Crippen LogP contribution is 2.25. The Morgan fingerprint density at radius 2 is 2.23 bits per heavy atom. The summed E-state index contributed by atoms with van der Waals surface area (Å²) in [5.41, 5.74) is 0. The van der Waals surface area contributed by atoms with E-state index in [1.807, 2.05) is 0 Å². The fourth-order valence-electron chi connectivity index (χ4n) is 1.41. The second kappa shape index (κ2) is 4.25. The van der Waals surface area contributed by atoms with Gasteiger partial charge in [-0.05, 0) is 12.3 Å². The van der Waals surface area contributed by atoms with Gasteiger partial charge in [-0.1, -0.05) is 0 Å². The van der Waals surface area contributed by atoms with Crippen molar-refractivity contribution in [3.8, 4) is 0 Å². The summed E-state index contributed by atoms with van der Waals surface area (Å²) < 4.78 is 4.54. The second-order valence-corrected chi connectivity index (χ2v) is 3.49. The first-order valence-electron chi connectivity index (χ1n) is 4.44. The van der Waals surface area contributed by atoms with Crippen LogP contribution in [0.2, 0.25) is 0 Å². The lowest BCUT2D eigenvalue weighted by Gasteiger charge is -2.25. The Hall–Kier alpha value is -1.06. The Kier molecular flexibility index (Phi) is 3.28. The van der Waals surface area contributed by atoms with Crippen LogP contribution in [0, 0.1) is 5.92 Å². The van der Waals surface area contributed by atoms with Gasteiger partial charge in [0.1, 0.15) is 5.78 Å². The number of hydrogen-bond donors (Lipinski definition) is 0. The van der Waals surface area contributed by atoms with Crippen LogP contribution in [0.25, 0.3) is 0 Å². The van der Waals surface area contributed by atoms with Gasteiger partial charge in [0.05, 0.1) is 7.11 Å². The molecule has 0 atom stereocenters. The average Bonchev–Trinajstić information content (AvgIpc) is 2.08. The SMILES string of the molecule is COC(=O)N(C)CCC1CC(=O)C1. The highest BCUT2D eigenvalue weighted by molar-refractivity contribution is 5.84. The van der Waals surface area contributed by atoms with Gasteiger partial charge in [0, 0.05) is 26.4 Å². The molecule has 0 aromatic carbocycles. The minimum atomic E-state index is -0.314. The van der Waals surface area contributed by atoms with Gasteiger partial charge in [0.2, 0.25) is 0 Å². The molecule has 0 aromatic rings. The minimum absolute atomic E-state index is 0.314. The van der Waals surface area contributed by atoms with Crippen LogP contribution >= 0.6 is 0 Å². The van der Waals surface area contributed by atoms with Gasteiger partial charge in [-0.2, -0.15) is 0 Å². The summed E-state index contributed by atoms with van der Waals surface area (Å²) in [4.78, 5) is 23.1. The first kappa shape index (κ1) is 10.0. The summed E-state index contributed by atoms with van der Waals surface area (Å²) in [6, 6.07) is 0. The summed E-state index contributed by atoms with van der Waals surface area (Å²) in [6.07, 6.45) is 1.96. The number of methoxy groups -OCH3 is 1. The summed E-state index contributed by atoms with van der Waals surface area (Å²) in [6.45, 7) is 0.671. The van der Waals surface area contributed by atoms with Crippen LogP contribution in [0.3, 0.4) is 0 Å². The lowest BCUT2D eigenvalue weighted by Crippen LogP contribution is -2.32. The van der Waals surface area contributed by atoms with Crippen molar-refractivity contribution in [1.29, 1.82) is 0 Å². The quantitative estimate of drug-likeness (QED) is 0.660. The fraction of sp³-hybridized carbons (Fsp3) is 0.778. The molecule has 74 valence electrons. The molecule has 4 nitrogen and oxygen atoms in total. The number of amides is 1. The predicted molar refractivity (Wildman–Crippen MR) is 47.4 cm³/mol. The second-order valence-electron chi connectivity index (χ2n) is 3.49. The maximum absolute atomic E-state index is 10.9. The molecule has 0 heterocycles. The van der Waals surface area contributed by atoms with E-state index in [2.05, 4.69) is 4.74 Å². The smallest absolute Gasteiger partial charge is 0.409 e. The van der Waals surface area contributed by atoms with E-state index < -0.39 is 0 Å². The molecule has 0 bridgehead atoms. The van der Waals surface area contributed by atoms with Gasteiger partial charge in [0.25, 0.3) is 0 Å².